The zero-order valence-corrected chi connectivity index (χ0v) is 9.85. The molecule has 5 heteroatoms. The summed E-state index contributed by atoms with van der Waals surface area (Å²) in [6, 6.07) is 4.59. The van der Waals surface area contributed by atoms with E-state index in [4.69, 9.17) is 14.6 Å². The summed E-state index contributed by atoms with van der Waals surface area (Å²) in [5.74, 6) is -1.98. The lowest BCUT2D eigenvalue weighted by molar-refractivity contribution is -0.134. The molecule has 18 heavy (non-hydrogen) atoms. The lowest BCUT2D eigenvalue weighted by Crippen LogP contribution is -1.97. The van der Waals surface area contributed by atoms with Gasteiger partial charge in [0, 0.05) is 0 Å². The van der Waals surface area contributed by atoms with Crippen molar-refractivity contribution in [3.63, 3.8) is 0 Å². The van der Waals surface area contributed by atoms with Gasteiger partial charge in [-0.1, -0.05) is 18.7 Å². The first-order valence-electron chi connectivity index (χ1n) is 5.10. The van der Waals surface area contributed by atoms with Gasteiger partial charge in [-0.3, -0.25) is 0 Å². The van der Waals surface area contributed by atoms with Crippen molar-refractivity contribution in [2.45, 2.75) is 0 Å². The van der Waals surface area contributed by atoms with E-state index in [1.165, 1.54) is 19.2 Å². The van der Waals surface area contributed by atoms with Gasteiger partial charge in [-0.25, -0.2) is 4.79 Å². The van der Waals surface area contributed by atoms with Crippen molar-refractivity contribution >= 4 is 12.0 Å². The second kappa shape index (κ2) is 6.44. The van der Waals surface area contributed by atoms with Crippen LogP contribution in [0.3, 0.4) is 0 Å². The number of hydrogen-bond donors (Lipinski definition) is 1. The summed E-state index contributed by atoms with van der Waals surface area (Å²) < 4.78 is 23.3. The Morgan fingerprint density at radius 3 is 2.78 bits per heavy atom. The number of benzene rings is 1. The molecule has 0 unspecified atom stereocenters. The quantitative estimate of drug-likeness (QED) is 0.624. The first-order chi connectivity index (χ1) is 8.58. The summed E-state index contributed by atoms with van der Waals surface area (Å²) >= 11 is 0. The molecule has 1 N–H and O–H groups in total. The minimum atomic E-state index is -1.61. The molecule has 1 aromatic rings. The normalized spacial score (nSPS) is 10.9. The van der Waals surface area contributed by atoms with Crippen molar-refractivity contribution in [3.05, 3.63) is 42.2 Å². The number of ether oxygens (including phenoxy) is 2. The maximum absolute atomic E-state index is 12.9. The third kappa shape index (κ3) is 3.62. The van der Waals surface area contributed by atoms with Crippen molar-refractivity contribution in [2.24, 2.45) is 0 Å². The Morgan fingerprint density at radius 1 is 1.50 bits per heavy atom. The summed E-state index contributed by atoms with van der Waals surface area (Å²) in [6.07, 6.45) is 2.49. The van der Waals surface area contributed by atoms with Gasteiger partial charge in [-0.2, -0.15) is 4.39 Å². The third-order valence-electron chi connectivity index (χ3n) is 2.04. The zero-order chi connectivity index (χ0) is 13.5. The van der Waals surface area contributed by atoms with Crippen LogP contribution in [0.5, 0.6) is 11.5 Å². The highest BCUT2D eigenvalue weighted by molar-refractivity contribution is 5.89. The van der Waals surface area contributed by atoms with Crippen LogP contribution in [0.2, 0.25) is 0 Å². The zero-order valence-electron chi connectivity index (χ0n) is 9.85. The van der Waals surface area contributed by atoms with Gasteiger partial charge >= 0.3 is 5.97 Å². The van der Waals surface area contributed by atoms with Crippen molar-refractivity contribution in [1.29, 1.82) is 0 Å². The molecule has 1 aromatic carbocycles. The fourth-order valence-electron chi connectivity index (χ4n) is 1.25. The molecule has 0 atom stereocenters. The van der Waals surface area contributed by atoms with Gasteiger partial charge < -0.3 is 14.6 Å². The largest absolute Gasteiger partial charge is 0.493 e. The molecule has 4 nitrogen and oxygen atoms in total. The number of hydrogen-bond acceptors (Lipinski definition) is 3. The lowest BCUT2D eigenvalue weighted by atomic mass is 10.2. The van der Waals surface area contributed by atoms with Crippen LogP contribution in [-0.2, 0) is 4.79 Å². The average molecular weight is 252 g/mol. The lowest BCUT2D eigenvalue weighted by Gasteiger charge is -2.09. The van der Waals surface area contributed by atoms with Crippen LogP contribution in [-0.4, -0.2) is 24.8 Å². The Bertz CT molecular complexity index is 480. The van der Waals surface area contributed by atoms with E-state index in [1.54, 1.807) is 12.1 Å². The fourth-order valence-corrected chi connectivity index (χ4v) is 1.25. The molecule has 0 spiro atoms. The molecule has 0 aliphatic heterocycles. The van der Waals surface area contributed by atoms with Gasteiger partial charge in [0.1, 0.15) is 6.61 Å². The second-order valence-corrected chi connectivity index (χ2v) is 3.31. The van der Waals surface area contributed by atoms with Gasteiger partial charge in [0.2, 0.25) is 5.83 Å². The first-order valence-corrected chi connectivity index (χ1v) is 5.10. The van der Waals surface area contributed by atoms with E-state index in [2.05, 4.69) is 6.58 Å². The molecule has 0 aliphatic carbocycles. The highest BCUT2D eigenvalue weighted by Gasteiger charge is 2.08. The summed E-state index contributed by atoms with van der Waals surface area (Å²) in [5, 5.41) is 8.43. The van der Waals surface area contributed by atoms with E-state index in [0.29, 0.717) is 23.7 Å². The van der Waals surface area contributed by atoms with E-state index < -0.39 is 11.8 Å². The van der Waals surface area contributed by atoms with Gasteiger partial charge in [0.25, 0.3) is 0 Å². The van der Waals surface area contributed by atoms with Crippen LogP contribution in [0.4, 0.5) is 4.39 Å². The molecule has 0 saturated carbocycles. The molecular weight excluding hydrogens is 239 g/mol. The van der Waals surface area contributed by atoms with Gasteiger partial charge in [0.15, 0.2) is 11.5 Å². The Morgan fingerprint density at radius 2 is 2.22 bits per heavy atom. The van der Waals surface area contributed by atoms with Crippen molar-refractivity contribution in [3.8, 4) is 11.5 Å². The number of carbonyl (C=O) groups is 1. The minimum Gasteiger partial charge on any atom is -0.493 e. The smallest absolute Gasteiger partial charge is 0.364 e. The Balaban J connectivity index is 3.01. The third-order valence-corrected chi connectivity index (χ3v) is 2.04. The number of halogens is 1. The minimum absolute atomic E-state index is 0.315. The van der Waals surface area contributed by atoms with E-state index in [-0.39, 0.29) is 0 Å². The summed E-state index contributed by atoms with van der Waals surface area (Å²) in [6.45, 7) is 3.83. The summed E-state index contributed by atoms with van der Waals surface area (Å²) in [5.41, 5.74) is 0.373. The van der Waals surface area contributed by atoms with Crippen molar-refractivity contribution in [2.75, 3.05) is 13.7 Å². The first kappa shape index (κ1) is 13.8. The summed E-state index contributed by atoms with van der Waals surface area (Å²) in [4.78, 5) is 10.4. The molecule has 0 bridgehead atoms. The fraction of sp³-hybridized carbons (Fsp3) is 0.154. The second-order valence-electron chi connectivity index (χ2n) is 3.31. The number of carboxylic acid groups (broad SMARTS) is 1. The number of rotatable bonds is 6. The van der Waals surface area contributed by atoms with E-state index in [1.807, 2.05) is 0 Å². The topological polar surface area (TPSA) is 55.8 Å². The maximum atomic E-state index is 12.9. The molecule has 0 amide bonds. The van der Waals surface area contributed by atoms with Crippen LogP contribution in [0.15, 0.2) is 36.7 Å². The van der Waals surface area contributed by atoms with Crippen molar-refractivity contribution < 1.29 is 23.8 Å². The SMILES string of the molecule is C=CCOc1ccc(C=C(F)C(=O)O)cc1OC. The van der Waals surface area contributed by atoms with Crippen LogP contribution in [0.25, 0.3) is 6.08 Å². The molecule has 0 aromatic heterocycles. The van der Waals surface area contributed by atoms with Crippen LogP contribution in [0.1, 0.15) is 5.56 Å². The molecule has 0 fully saturated rings. The molecule has 96 valence electrons. The van der Waals surface area contributed by atoms with Crippen molar-refractivity contribution in [1.82, 2.24) is 0 Å². The Hall–Kier alpha value is -2.30. The molecule has 1 rings (SSSR count). The summed E-state index contributed by atoms with van der Waals surface area (Å²) in [7, 11) is 1.44. The number of methoxy groups -OCH3 is 1. The molecule has 0 radical (unpaired) electrons. The molecular formula is C13H13FO4. The predicted octanol–water partition coefficient (Wildman–Crippen LogP) is 2.66. The van der Waals surface area contributed by atoms with E-state index in [0.717, 1.165) is 6.08 Å². The van der Waals surface area contributed by atoms with Crippen LogP contribution >= 0.6 is 0 Å². The highest BCUT2D eigenvalue weighted by atomic mass is 19.1. The standard InChI is InChI=1S/C13H13FO4/c1-3-6-18-11-5-4-9(8-12(11)17-2)7-10(14)13(15)16/h3-5,7-8H,1,6H2,2H3,(H,15,16). The monoisotopic (exact) mass is 252 g/mol. The molecule has 0 saturated heterocycles. The average Bonchev–Trinajstić information content (AvgIpc) is 2.36. The Labute approximate surface area is 104 Å². The predicted molar refractivity (Wildman–Crippen MR) is 65.4 cm³/mol. The number of carboxylic acids is 1. The molecule has 0 heterocycles. The van der Waals surface area contributed by atoms with Gasteiger partial charge in [0.05, 0.1) is 7.11 Å². The Kier molecular flexibility index (Phi) is 4.92. The van der Waals surface area contributed by atoms with Gasteiger partial charge in [-0.05, 0) is 23.8 Å². The maximum Gasteiger partial charge on any atom is 0.364 e. The number of aliphatic carboxylic acids is 1. The van der Waals surface area contributed by atoms with E-state index in [9.17, 15) is 9.18 Å². The van der Waals surface area contributed by atoms with Crippen LogP contribution in [0, 0.1) is 0 Å². The van der Waals surface area contributed by atoms with E-state index >= 15 is 0 Å². The highest BCUT2D eigenvalue weighted by Crippen LogP contribution is 2.29. The van der Waals surface area contributed by atoms with Gasteiger partial charge in [-0.15, -0.1) is 0 Å². The molecule has 0 aliphatic rings. The van der Waals surface area contributed by atoms with Crippen LogP contribution < -0.4 is 9.47 Å².